The summed E-state index contributed by atoms with van der Waals surface area (Å²) in [5.41, 5.74) is 12.6. The lowest BCUT2D eigenvalue weighted by atomic mass is 10.0. The molecule has 0 saturated carbocycles. The Bertz CT molecular complexity index is 2970. The smallest absolute Gasteiger partial charge is 0.303 e. The van der Waals surface area contributed by atoms with Crippen LogP contribution in [0.15, 0.2) is 164 Å². The van der Waals surface area contributed by atoms with Gasteiger partial charge in [-0.25, -0.2) is 0 Å². The minimum Gasteiger partial charge on any atom is -0.481 e. The van der Waals surface area contributed by atoms with E-state index in [4.69, 9.17) is 5.11 Å². The molecule has 0 atom stereocenters. The fourth-order valence-electron chi connectivity index (χ4n) is 7.55. The SMILES string of the molecule is O=C(O)CCC(=O)Nc1ccc(C2=c3ccc([nH]3)=C(c3ccccc3)c3ccc([nH]3)C(c3ccccc3)=c3ccc([nH]3)=C(c3ccccc3)c3ccc2[nH]3)cc1. The van der Waals surface area contributed by atoms with Crippen molar-refractivity contribution in [2.75, 3.05) is 5.32 Å². The third-order valence-corrected chi connectivity index (χ3v) is 10.1. The maximum Gasteiger partial charge on any atom is 0.303 e. The van der Waals surface area contributed by atoms with Gasteiger partial charge in [0.2, 0.25) is 5.91 Å². The first-order chi connectivity index (χ1) is 27.5. The molecule has 8 aromatic rings. The molecule has 8 bridgehead atoms. The number of hydrogen-bond acceptors (Lipinski definition) is 2. The van der Waals surface area contributed by atoms with E-state index in [0.29, 0.717) is 5.69 Å². The van der Waals surface area contributed by atoms with Crippen molar-refractivity contribution in [3.8, 4) is 0 Å². The summed E-state index contributed by atoms with van der Waals surface area (Å²) >= 11 is 0. The van der Waals surface area contributed by atoms with E-state index in [1.807, 2.05) is 42.5 Å². The molecule has 8 heteroatoms. The van der Waals surface area contributed by atoms with Gasteiger partial charge in [0.15, 0.2) is 0 Å². The number of carboxylic acids is 1. The summed E-state index contributed by atoms with van der Waals surface area (Å²) in [7, 11) is 0. The zero-order valence-corrected chi connectivity index (χ0v) is 30.3. The number of hydrogen-bond donors (Lipinski definition) is 6. The number of H-pyrrole nitrogens is 4. The number of carbonyl (C=O) groups is 2. The molecule has 56 heavy (non-hydrogen) atoms. The molecule has 4 aromatic heterocycles. The Morgan fingerprint density at radius 1 is 0.393 bits per heavy atom. The normalized spacial score (nSPS) is 12.5. The second-order valence-corrected chi connectivity index (χ2v) is 13.8. The van der Waals surface area contributed by atoms with Crippen LogP contribution in [0.25, 0.3) is 22.3 Å². The van der Waals surface area contributed by atoms with Gasteiger partial charge in [-0.05, 0) is 82.9 Å². The van der Waals surface area contributed by atoms with Gasteiger partial charge in [0.1, 0.15) is 0 Å². The number of carboxylic acid groups (broad SMARTS) is 1. The Balaban J connectivity index is 1.32. The van der Waals surface area contributed by atoms with Crippen LogP contribution < -0.4 is 26.7 Å². The van der Waals surface area contributed by atoms with Crippen LogP contribution >= 0.6 is 0 Å². The highest BCUT2D eigenvalue weighted by Gasteiger charge is 2.18. The van der Waals surface area contributed by atoms with Gasteiger partial charge in [0, 0.05) is 78.6 Å². The van der Waals surface area contributed by atoms with Crippen molar-refractivity contribution >= 4 is 39.9 Å². The molecule has 1 aliphatic heterocycles. The predicted octanol–water partition coefficient (Wildman–Crippen LogP) is 6.10. The molecular formula is C48H37N5O3. The third-order valence-electron chi connectivity index (χ3n) is 10.1. The first-order valence-corrected chi connectivity index (χ1v) is 18.5. The van der Waals surface area contributed by atoms with E-state index < -0.39 is 5.97 Å². The number of aliphatic carboxylic acids is 1. The number of carbonyl (C=O) groups excluding carboxylic acids is 1. The number of aromatic amines is 4. The fraction of sp³-hybridized carbons (Fsp3) is 0.0417. The van der Waals surface area contributed by atoms with E-state index >= 15 is 0 Å². The number of rotatable bonds is 8. The van der Waals surface area contributed by atoms with Crippen LogP contribution in [0.2, 0.25) is 0 Å². The molecule has 0 fully saturated rings. The first kappa shape index (κ1) is 34.2. The van der Waals surface area contributed by atoms with E-state index in [9.17, 15) is 9.59 Å². The Hall–Kier alpha value is -7.58. The number of nitrogens with one attached hydrogen (secondary N) is 5. The van der Waals surface area contributed by atoms with E-state index in [-0.39, 0.29) is 18.7 Å². The van der Waals surface area contributed by atoms with Crippen molar-refractivity contribution in [1.29, 1.82) is 0 Å². The number of benzene rings is 4. The molecule has 8 nitrogen and oxygen atoms in total. The summed E-state index contributed by atoms with van der Waals surface area (Å²) in [6.45, 7) is 0. The van der Waals surface area contributed by atoms with Crippen LogP contribution in [-0.2, 0) is 9.59 Å². The summed E-state index contributed by atoms with van der Waals surface area (Å²) in [5.74, 6) is -1.35. The summed E-state index contributed by atoms with van der Waals surface area (Å²) in [4.78, 5) is 38.7. The van der Waals surface area contributed by atoms with Gasteiger partial charge in [-0.2, -0.15) is 0 Å². The molecule has 1 aliphatic rings. The monoisotopic (exact) mass is 731 g/mol. The Morgan fingerprint density at radius 3 is 1.07 bits per heavy atom. The zero-order chi connectivity index (χ0) is 38.0. The van der Waals surface area contributed by atoms with Gasteiger partial charge < -0.3 is 30.4 Å². The van der Waals surface area contributed by atoms with Crippen molar-refractivity contribution < 1.29 is 14.7 Å². The predicted molar refractivity (Wildman–Crippen MR) is 219 cm³/mol. The second kappa shape index (κ2) is 14.7. The third kappa shape index (κ3) is 6.71. The van der Waals surface area contributed by atoms with Crippen molar-refractivity contribution in [3.05, 3.63) is 230 Å². The summed E-state index contributed by atoms with van der Waals surface area (Å²) in [6.07, 6.45) is -0.322. The molecule has 9 rings (SSSR count). The van der Waals surface area contributed by atoms with Gasteiger partial charge in [-0.3, -0.25) is 9.59 Å². The van der Waals surface area contributed by atoms with Crippen LogP contribution in [-0.4, -0.2) is 36.9 Å². The van der Waals surface area contributed by atoms with Crippen LogP contribution in [0, 0.1) is 0 Å². The van der Waals surface area contributed by atoms with Crippen LogP contribution in [0.4, 0.5) is 5.69 Å². The number of amides is 1. The number of aromatic nitrogens is 4. The first-order valence-electron chi connectivity index (χ1n) is 18.5. The molecule has 0 spiro atoms. The fourth-order valence-corrected chi connectivity index (χ4v) is 7.55. The van der Waals surface area contributed by atoms with Gasteiger partial charge in [0.05, 0.1) is 6.42 Å². The van der Waals surface area contributed by atoms with E-state index in [0.717, 1.165) is 88.7 Å². The molecule has 0 unspecified atom stereocenters. The molecule has 1 amide bonds. The van der Waals surface area contributed by atoms with Crippen LogP contribution in [0.5, 0.6) is 0 Å². The van der Waals surface area contributed by atoms with Crippen molar-refractivity contribution in [1.82, 2.24) is 19.9 Å². The Morgan fingerprint density at radius 2 is 0.732 bits per heavy atom. The summed E-state index contributed by atoms with van der Waals surface area (Å²) in [5, 5.41) is 15.6. The lowest BCUT2D eigenvalue weighted by molar-refractivity contribution is -0.138. The highest BCUT2D eigenvalue weighted by molar-refractivity contribution is 5.93. The second-order valence-electron chi connectivity index (χ2n) is 13.8. The molecule has 6 N–H and O–H groups in total. The Kier molecular flexibility index (Phi) is 8.97. The van der Waals surface area contributed by atoms with Crippen molar-refractivity contribution in [2.45, 2.75) is 12.8 Å². The average Bonchev–Trinajstić information content (AvgIpc) is 4.07. The van der Waals surface area contributed by atoms with Crippen LogP contribution in [0.3, 0.4) is 0 Å². The minimum absolute atomic E-state index is 0.0956. The van der Waals surface area contributed by atoms with Crippen LogP contribution in [0.1, 0.15) is 57.9 Å². The highest BCUT2D eigenvalue weighted by Crippen LogP contribution is 2.28. The standard InChI is InChI=1S/C48H37N5O3/c54-43(28-29-44(55)56)49-34-18-16-33(17-19-34)48-41-26-24-39(52-41)46(31-12-6-2-7-13-31)37-22-20-35(50-37)45(30-10-4-1-5-11-30)36-21-23-38(51-36)47(32-14-8-3-9-15-32)40-25-27-42(48)53-40/h1-27,50-53H,28-29H2,(H,49,54)(H,55,56). The summed E-state index contributed by atoms with van der Waals surface area (Å²) in [6, 6.07) is 55.9. The molecule has 272 valence electrons. The molecule has 5 heterocycles. The largest absolute Gasteiger partial charge is 0.481 e. The number of anilines is 1. The van der Waals surface area contributed by atoms with Crippen molar-refractivity contribution in [2.24, 2.45) is 0 Å². The van der Waals surface area contributed by atoms with Gasteiger partial charge in [-0.1, -0.05) is 103 Å². The highest BCUT2D eigenvalue weighted by atomic mass is 16.4. The molecule has 0 saturated heterocycles. The minimum atomic E-state index is -1.01. The lowest BCUT2D eigenvalue weighted by Gasteiger charge is -2.10. The van der Waals surface area contributed by atoms with E-state index in [1.165, 1.54) is 0 Å². The lowest BCUT2D eigenvalue weighted by Crippen LogP contribution is -2.19. The van der Waals surface area contributed by atoms with E-state index in [1.54, 1.807) is 0 Å². The summed E-state index contributed by atoms with van der Waals surface area (Å²) < 4.78 is 0. The van der Waals surface area contributed by atoms with E-state index in [2.05, 4.69) is 147 Å². The van der Waals surface area contributed by atoms with Gasteiger partial charge >= 0.3 is 5.97 Å². The zero-order valence-electron chi connectivity index (χ0n) is 30.3. The maximum atomic E-state index is 12.5. The molecular weight excluding hydrogens is 695 g/mol. The number of fused-ring (bicyclic) bond motifs is 8. The van der Waals surface area contributed by atoms with Gasteiger partial charge in [-0.15, -0.1) is 0 Å². The molecule has 0 aliphatic carbocycles. The Labute approximate surface area is 321 Å². The van der Waals surface area contributed by atoms with Crippen molar-refractivity contribution in [3.63, 3.8) is 0 Å². The topological polar surface area (TPSA) is 130 Å². The molecule has 4 aromatic carbocycles. The van der Waals surface area contributed by atoms with Gasteiger partial charge in [0.25, 0.3) is 0 Å². The molecule has 0 radical (unpaired) electrons. The quantitative estimate of drug-likeness (QED) is 0.113. The average molecular weight is 732 g/mol. The maximum absolute atomic E-state index is 12.5.